The number of urea groups is 1. The number of carbonyl (C=O) groups excluding carboxylic acids is 1. The minimum absolute atomic E-state index is 0.213. The third-order valence-corrected chi connectivity index (χ3v) is 4.19. The van der Waals surface area contributed by atoms with Crippen molar-refractivity contribution in [3.05, 3.63) is 65.0 Å². The van der Waals surface area contributed by atoms with Crippen LogP contribution in [0.1, 0.15) is 13.8 Å². The Bertz CT molecular complexity index is 982. The summed E-state index contributed by atoms with van der Waals surface area (Å²) in [6.45, 7) is 5.12. The van der Waals surface area contributed by atoms with E-state index in [0.717, 1.165) is 11.1 Å². The average molecular weight is 365 g/mol. The van der Waals surface area contributed by atoms with Crippen molar-refractivity contribution >= 4 is 28.3 Å². The zero-order chi connectivity index (χ0) is 19.3. The molecule has 0 spiro atoms. The number of nitrogens with zero attached hydrogens (tertiary/aromatic N) is 1. The molecule has 0 fully saturated rings. The smallest absolute Gasteiger partial charge is 0.319 e. The fraction of sp³-hybridized carbons (Fsp3) is 0.250. The van der Waals surface area contributed by atoms with Crippen molar-refractivity contribution in [2.75, 3.05) is 23.7 Å². The maximum Gasteiger partial charge on any atom is 0.319 e. The lowest BCUT2D eigenvalue weighted by Crippen LogP contribution is -2.40. The van der Waals surface area contributed by atoms with Crippen LogP contribution in [0.4, 0.5) is 16.3 Å². The van der Waals surface area contributed by atoms with Crippen LogP contribution in [0.3, 0.4) is 0 Å². The molecule has 27 heavy (non-hydrogen) atoms. The van der Waals surface area contributed by atoms with Crippen LogP contribution in [0.5, 0.6) is 0 Å². The quantitative estimate of drug-likeness (QED) is 0.539. The van der Waals surface area contributed by atoms with E-state index in [1.807, 2.05) is 62.4 Å². The first-order valence-corrected chi connectivity index (χ1v) is 8.76. The van der Waals surface area contributed by atoms with Crippen molar-refractivity contribution < 1.29 is 4.79 Å². The zero-order valence-electron chi connectivity index (χ0n) is 15.4. The lowest BCUT2D eigenvalue weighted by molar-refractivity contribution is 0.246. The highest BCUT2D eigenvalue weighted by Crippen LogP contribution is 2.20. The highest BCUT2D eigenvalue weighted by atomic mass is 16.2. The zero-order valence-corrected chi connectivity index (χ0v) is 15.4. The van der Waals surface area contributed by atoms with Crippen LogP contribution in [-0.4, -0.2) is 29.3 Å². The highest BCUT2D eigenvalue weighted by molar-refractivity contribution is 5.91. The Hall–Kier alpha value is -3.35. The van der Waals surface area contributed by atoms with E-state index in [0.29, 0.717) is 24.3 Å². The number of aromatic amines is 1. The lowest BCUT2D eigenvalue weighted by Gasteiger charge is -2.26. The fourth-order valence-electron chi connectivity index (χ4n) is 2.65. The molecule has 0 radical (unpaired) electrons. The highest BCUT2D eigenvalue weighted by Gasteiger charge is 2.20. The topological polar surface area (TPSA) is 98.9 Å². The van der Waals surface area contributed by atoms with E-state index >= 15 is 0 Å². The molecule has 3 aromatic rings. The van der Waals surface area contributed by atoms with E-state index < -0.39 is 0 Å². The van der Waals surface area contributed by atoms with E-state index in [-0.39, 0.29) is 17.0 Å². The number of anilines is 2. The summed E-state index contributed by atoms with van der Waals surface area (Å²) in [6, 6.07) is 16.4. The first-order valence-electron chi connectivity index (χ1n) is 8.76. The van der Waals surface area contributed by atoms with Gasteiger partial charge in [0.05, 0.1) is 5.39 Å². The number of hydrogen-bond donors (Lipinski definition) is 4. The number of amides is 2. The van der Waals surface area contributed by atoms with Gasteiger partial charge < -0.3 is 16.0 Å². The van der Waals surface area contributed by atoms with Gasteiger partial charge in [0, 0.05) is 24.2 Å². The van der Waals surface area contributed by atoms with Crippen LogP contribution in [-0.2, 0) is 0 Å². The summed E-state index contributed by atoms with van der Waals surface area (Å²) >= 11 is 0. The van der Waals surface area contributed by atoms with Crippen molar-refractivity contribution in [3.8, 4) is 0 Å². The van der Waals surface area contributed by atoms with Crippen molar-refractivity contribution in [1.82, 2.24) is 15.5 Å². The molecule has 0 aliphatic heterocycles. The predicted molar refractivity (Wildman–Crippen MR) is 108 cm³/mol. The van der Waals surface area contributed by atoms with Crippen molar-refractivity contribution in [1.29, 1.82) is 0 Å². The summed E-state index contributed by atoms with van der Waals surface area (Å²) in [5.41, 5.74) is 0.303. The van der Waals surface area contributed by atoms with E-state index in [1.165, 1.54) is 0 Å². The Balaban J connectivity index is 1.58. The van der Waals surface area contributed by atoms with Crippen LogP contribution in [0.25, 0.3) is 10.8 Å². The number of benzene rings is 2. The molecule has 0 saturated carbocycles. The number of nitrogens with one attached hydrogen (secondary N) is 4. The summed E-state index contributed by atoms with van der Waals surface area (Å²) in [6.07, 6.45) is 0. The van der Waals surface area contributed by atoms with Crippen molar-refractivity contribution in [2.45, 2.75) is 13.8 Å². The maximum absolute atomic E-state index is 12.1. The summed E-state index contributed by atoms with van der Waals surface area (Å²) in [5.74, 6) is 0.618. The summed E-state index contributed by atoms with van der Waals surface area (Å²) < 4.78 is 0. The summed E-state index contributed by atoms with van der Waals surface area (Å²) in [5, 5.41) is 16.9. The summed E-state index contributed by atoms with van der Waals surface area (Å²) in [4.78, 5) is 23.9. The molecule has 7 heteroatoms. The molecule has 3 rings (SSSR count). The Kier molecular flexibility index (Phi) is 5.40. The van der Waals surface area contributed by atoms with E-state index in [9.17, 15) is 9.59 Å². The molecule has 2 aromatic carbocycles. The van der Waals surface area contributed by atoms with E-state index in [1.54, 1.807) is 6.07 Å². The molecule has 140 valence electrons. The van der Waals surface area contributed by atoms with E-state index in [2.05, 4.69) is 26.1 Å². The first-order chi connectivity index (χ1) is 12.9. The molecule has 4 N–H and O–H groups in total. The van der Waals surface area contributed by atoms with Crippen LogP contribution < -0.4 is 21.5 Å². The minimum atomic E-state index is -0.248. The second kappa shape index (κ2) is 7.90. The Labute approximate surface area is 157 Å². The van der Waals surface area contributed by atoms with Gasteiger partial charge in [-0.1, -0.05) is 50.2 Å². The Morgan fingerprint density at radius 1 is 1.00 bits per heavy atom. The minimum Gasteiger partial charge on any atom is -0.368 e. The molecule has 0 atom stereocenters. The predicted octanol–water partition coefficient (Wildman–Crippen LogP) is 3.18. The van der Waals surface area contributed by atoms with Gasteiger partial charge in [-0.15, -0.1) is 0 Å². The van der Waals surface area contributed by atoms with Crippen LogP contribution in [0.2, 0.25) is 0 Å². The maximum atomic E-state index is 12.1. The number of H-pyrrole nitrogens is 1. The van der Waals surface area contributed by atoms with Crippen molar-refractivity contribution in [2.24, 2.45) is 5.41 Å². The van der Waals surface area contributed by atoms with Gasteiger partial charge in [0.25, 0.3) is 5.56 Å². The monoisotopic (exact) mass is 365 g/mol. The first kappa shape index (κ1) is 18.4. The molecule has 0 aliphatic carbocycles. The summed E-state index contributed by atoms with van der Waals surface area (Å²) in [7, 11) is 0. The standard InChI is InChI=1S/C20H23N5O2/c1-20(2,13-22-19(27)23-14-8-4-3-5-9-14)12-21-17-15-10-6-7-11-16(15)18(26)25-24-17/h3-11H,12-13H2,1-2H3,(H,21,24)(H,25,26)(H2,22,23,27). The second-order valence-corrected chi connectivity index (χ2v) is 7.14. The van der Waals surface area contributed by atoms with Gasteiger partial charge in [-0.05, 0) is 23.6 Å². The van der Waals surface area contributed by atoms with Gasteiger partial charge in [0.15, 0.2) is 5.82 Å². The number of fused-ring (bicyclic) bond motifs is 1. The van der Waals surface area contributed by atoms with Crippen LogP contribution >= 0.6 is 0 Å². The van der Waals surface area contributed by atoms with Gasteiger partial charge in [0.1, 0.15) is 0 Å². The molecule has 0 unspecified atom stereocenters. The number of hydrogen-bond acceptors (Lipinski definition) is 4. The number of aromatic nitrogens is 2. The molecule has 1 heterocycles. The number of carbonyl (C=O) groups is 1. The van der Waals surface area contributed by atoms with Gasteiger partial charge in [-0.25, -0.2) is 9.89 Å². The molecule has 1 aromatic heterocycles. The third-order valence-electron chi connectivity index (χ3n) is 4.19. The molecule has 0 aliphatic rings. The largest absolute Gasteiger partial charge is 0.368 e. The molecular weight excluding hydrogens is 342 g/mol. The van der Waals surface area contributed by atoms with Gasteiger partial charge in [-0.3, -0.25) is 4.79 Å². The third kappa shape index (κ3) is 4.84. The molecule has 2 amide bonds. The molecule has 7 nitrogen and oxygen atoms in total. The normalized spacial score (nSPS) is 11.2. The fourth-order valence-corrected chi connectivity index (χ4v) is 2.65. The van der Waals surface area contributed by atoms with Gasteiger partial charge >= 0.3 is 6.03 Å². The lowest BCUT2D eigenvalue weighted by atomic mass is 9.93. The SMILES string of the molecule is CC(C)(CNC(=O)Nc1ccccc1)CNc1n[nH]c(=O)c2ccccc12. The van der Waals surface area contributed by atoms with Crippen LogP contribution in [0.15, 0.2) is 59.4 Å². The van der Waals surface area contributed by atoms with E-state index in [4.69, 9.17) is 0 Å². The van der Waals surface area contributed by atoms with Crippen LogP contribution in [0, 0.1) is 5.41 Å². The number of para-hydroxylation sites is 1. The molecule has 0 saturated heterocycles. The molecule has 0 bridgehead atoms. The Morgan fingerprint density at radius 2 is 1.67 bits per heavy atom. The van der Waals surface area contributed by atoms with Gasteiger partial charge in [0.2, 0.25) is 0 Å². The average Bonchev–Trinajstić information content (AvgIpc) is 2.67. The number of rotatable bonds is 6. The second-order valence-electron chi connectivity index (χ2n) is 7.14. The molecular formula is C20H23N5O2. The Morgan fingerprint density at radius 3 is 2.41 bits per heavy atom. The van der Waals surface area contributed by atoms with Gasteiger partial charge in [-0.2, -0.15) is 5.10 Å². The van der Waals surface area contributed by atoms with Crippen molar-refractivity contribution in [3.63, 3.8) is 0 Å².